The summed E-state index contributed by atoms with van der Waals surface area (Å²) in [5.41, 5.74) is 0.360. The highest BCUT2D eigenvalue weighted by atomic mass is 32.2. The molecule has 0 aliphatic rings. The number of carboxylic acids is 1. The second-order valence-electron chi connectivity index (χ2n) is 4.24. The van der Waals surface area contributed by atoms with E-state index >= 15 is 0 Å². The standard InChI is InChI=1S/C11H14O5S/c1-11(2,10(13)14)17(15,16)7-8-4-3-5-9(12)6-8/h3-6,12H,7H2,1-2H3,(H,13,14). The fourth-order valence-corrected chi connectivity index (χ4v) is 2.42. The van der Waals surface area contributed by atoms with Crippen LogP contribution in [0.25, 0.3) is 0 Å². The first-order valence-corrected chi connectivity index (χ1v) is 6.55. The van der Waals surface area contributed by atoms with Gasteiger partial charge in [0.25, 0.3) is 0 Å². The Labute approximate surface area is 99.6 Å². The van der Waals surface area contributed by atoms with E-state index in [1.54, 1.807) is 0 Å². The van der Waals surface area contributed by atoms with Crippen LogP contribution < -0.4 is 0 Å². The summed E-state index contributed by atoms with van der Waals surface area (Å²) in [6.45, 7) is 2.29. The Balaban J connectivity index is 3.07. The van der Waals surface area contributed by atoms with Crippen LogP contribution in [-0.4, -0.2) is 29.3 Å². The van der Waals surface area contributed by atoms with E-state index in [2.05, 4.69) is 0 Å². The molecule has 0 aromatic heterocycles. The summed E-state index contributed by atoms with van der Waals surface area (Å²) in [5.74, 6) is -1.86. The maximum atomic E-state index is 11.9. The van der Waals surface area contributed by atoms with Crippen molar-refractivity contribution in [2.24, 2.45) is 0 Å². The summed E-state index contributed by atoms with van der Waals surface area (Å²) in [7, 11) is -3.84. The van der Waals surface area contributed by atoms with Gasteiger partial charge in [-0.25, -0.2) is 8.42 Å². The van der Waals surface area contributed by atoms with Crippen molar-refractivity contribution in [3.8, 4) is 5.75 Å². The predicted molar refractivity (Wildman–Crippen MR) is 62.4 cm³/mol. The van der Waals surface area contributed by atoms with E-state index in [1.807, 2.05) is 0 Å². The Hall–Kier alpha value is -1.56. The van der Waals surface area contributed by atoms with Crippen molar-refractivity contribution in [2.45, 2.75) is 24.3 Å². The van der Waals surface area contributed by atoms with Gasteiger partial charge in [-0.3, -0.25) is 4.79 Å². The predicted octanol–water partition coefficient (Wildman–Crippen LogP) is 1.17. The van der Waals surface area contributed by atoms with Gasteiger partial charge in [0, 0.05) is 0 Å². The molecule has 1 rings (SSSR count). The molecule has 0 bridgehead atoms. The summed E-state index contributed by atoms with van der Waals surface area (Å²) in [5, 5.41) is 18.1. The maximum absolute atomic E-state index is 11.9. The molecule has 0 saturated carbocycles. The second kappa shape index (κ2) is 4.37. The molecular formula is C11H14O5S. The Kier molecular flexibility index (Phi) is 3.47. The van der Waals surface area contributed by atoms with Crippen LogP contribution in [0.3, 0.4) is 0 Å². The number of hydrogen-bond acceptors (Lipinski definition) is 4. The first kappa shape index (κ1) is 13.5. The van der Waals surface area contributed by atoms with E-state index in [9.17, 15) is 18.3 Å². The molecule has 5 nitrogen and oxygen atoms in total. The zero-order chi connectivity index (χ0) is 13.3. The van der Waals surface area contributed by atoms with Gasteiger partial charge in [-0.1, -0.05) is 12.1 Å². The van der Waals surface area contributed by atoms with Crippen LogP contribution in [-0.2, 0) is 20.4 Å². The topological polar surface area (TPSA) is 91.7 Å². The average molecular weight is 258 g/mol. The summed E-state index contributed by atoms with van der Waals surface area (Å²) < 4.78 is 22.0. The lowest BCUT2D eigenvalue weighted by atomic mass is 10.2. The van der Waals surface area contributed by atoms with Crippen LogP contribution in [0, 0.1) is 0 Å². The third kappa shape index (κ3) is 2.76. The lowest BCUT2D eigenvalue weighted by Gasteiger charge is -2.19. The molecule has 0 unspecified atom stereocenters. The van der Waals surface area contributed by atoms with Crippen molar-refractivity contribution in [1.82, 2.24) is 0 Å². The van der Waals surface area contributed by atoms with Crippen LogP contribution in [0.15, 0.2) is 24.3 Å². The molecule has 1 aromatic carbocycles. The highest BCUT2D eigenvalue weighted by molar-refractivity contribution is 7.92. The number of benzene rings is 1. The first-order chi connectivity index (χ1) is 7.67. The van der Waals surface area contributed by atoms with Gasteiger partial charge in [-0.05, 0) is 31.5 Å². The molecule has 2 N–H and O–H groups in total. The van der Waals surface area contributed by atoms with Crippen LogP contribution in [0.1, 0.15) is 19.4 Å². The van der Waals surface area contributed by atoms with Crippen molar-refractivity contribution in [3.63, 3.8) is 0 Å². The monoisotopic (exact) mass is 258 g/mol. The Bertz CT molecular complexity index is 531. The number of hydrogen-bond donors (Lipinski definition) is 2. The molecule has 0 aliphatic carbocycles. The number of rotatable bonds is 4. The zero-order valence-corrected chi connectivity index (χ0v) is 10.4. The van der Waals surface area contributed by atoms with Crippen molar-refractivity contribution in [1.29, 1.82) is 0 Å². The van der Waals surface area contributed by atoms with E-state index in [1.165, 1.54) is 24.3 Å². The van der Waals surface area contributed by atoms with E-state index in [0.717, 1.165) is 13.8 Å². The van der Waals surface area contributed by atoms with Crippen LogP contribution >= 0.6 is 0 Å². The summed E-state index contributed by atoms with van der Waals surface area (Å²) in [4.78, 5) is 10.9. The van der Waals surface area contributed by atoms with Gasteiger partial charge in [-0.2, -0.15) is 0 Å². The Morgan fingerprint density at radius 3 is 2.41 bits per heavy atom. The van der Waals surface area contributed by atoms with Gasteiger partial charge < -0.3 is 10.2 Å². The molecule has 1 aromatic rings. The van der Waals surface area contributed by atoms with Crippen molar-refractivity contribution in [2.75, 3.05) is 0 Å². The maximum Gasteiger partial charge on any atom is 0.324 e. The molecule has 94 valence electrons. The zero-order valence-electron chi connectivity index (χ0n) is 9.54. The van der Waals surface area contributed by atoms with Crippen LogP contribution in [0.5, 0.6) is 5.75 Å². The lowest BCUT2D eigenvalue weighted by Crippen LogP contribution is -2.41. The van der Waals surface area contributed by atoms with Gasteiger partial charge in [0.1, 0.15) is 5.75 Å². The van der Waals surface area contributed by atoms with Crippen molar-refractivity contribution >= 4 is 15.8 Å². The summed E-state index contributed by atoms with van der Waals surface area (Å²) in [6, 6.07) is 5.75. The molecule has 0 saturated heterocycles. The summed E-state index contributed by atoms with van der Waals surface area (Å²) >= 11 is 0. The third-order valence-corrected chi connectivity index (χ3v) is 5.00. The molecule has 6 heteroatoms. The minimum atomic E-state index is -3.84. The van der Waals surface area contributed by atoms with Crippen molar-refractivity contribution in [3.05, 3.63) is 29.8 Å². The second-order valence-corrected chi connectivity index (χ2v) is 6.78. The molecular weight excluding hydrogens is 244 g/mol. The van der Waals surface area contributed by atoms with Gasteiger partial charge in [0.2, 0.25) is 0 Å². The molecule has 0 radical (unpaired) electrons. The minimum absolute atomic E-state index is 0.0502. The van der Waals surface area contributed by atoms with Gasteiger partial charge in [0.15, 0.2) is 14.6 Å². The van der Waals surface area contributed by atoms with E-state index < -0.39 is 26.3 Å². The minimum Gasteiger partial charge on any atom is -0.508 e. The summed E-state index contributed by atoms with van der Waals surface area (Å²) in [6.07, 6.45) is 0. The molecule has 0 atom stereocenters. The number of carbonyl (C=O) groups is 1. The van der Waals surface area contributed by atoms with Gasteiger partial charge >= 0.3 is 5.97 Å². The van der Waals surface area contributed by atoms with E-state index in [0.29, 0.717) is 5.56 Å². The number of aromatic hydroxyl groups is 1. The molecule has 17 heavy (non-hydrogen) atoms. The van der Waals surface area contributed by atoms with Gasteiger partial charge in [-0.15, -0.1) is 0 Å². The highest BCUT2D eigenvalue weighted by Crippen LogP contribution is 2.23. The molecule has 0 amide bonds. The largest absolute Gasteiger partial charge is 0.508 e. The smallest absolute Gasteiger partial charge is 0.324 e. The molecule has 0 heterocycles. The third-order valence-electron chi connectivity index (χ3n) is 2.56. The van der Waals surface area contributed by atoms with Gasteiger partial charge in [0.05, 0.1) is 5.75 Å². The number of aliphatic carboxylic acids is 1. The fraction of sp³-hybridized carbons (Fsp3) is 0.364. The lowest BCUT2D eigenvalue weighted by molar-refractivity contribution is -0.139. The number of carboxylic acid groups (broad SMARTS) is 1. The Morgan fingerprint density at radius 2 is 1.94 bits per heavy atom. The quantitative estimate of drug-likeness (QED) is 0.845. The molecule has 0 fully saturated rings. The number of sulfone groups is 1. The van der Waals surface area contributed by atoms with Crippen molar-refractivity contribution < 1.29 is 23.4 Å². The molecule has 0 aliphatic heterocycles. The average Bonchev–Trinajstić information content (AvgIpc) is 2.16. The molecule has 0 spiro atoms. The SMILES string of the molecule is CC(C)(C(=O)O)S(=O)(=O)Cc1cccc(O)c1. The fourth-order valence-electron chi connectivity index (χ4n) is 1.18. The number of phenolic OH excluding ortho intramolecular Hbond substituents is 1. The first-order valence-electron chi connectivity index (χ1n) is 4.90. The van der Waals surface area contributed by atoms with Crippen LogP contribution in [0.2, 0.25) is 0 Å². The van der Waals surface area contributed by atoms with Crippen LogP contribution in [0.4, 0.5) is 0 Å². The normalized spacial score (nSPS) is 12.4. The highest BCUT2D eigenvalue weighted by Gasteiger charge is 2.41. The Morgan fingerprint density at radius 1 is 1.35 bits per heavy atom. The van der Waals surface area contributed by atoms with E-state index in [4.69, 9.17) is 5.11 Å². The number of phenols is 1. The van der Waals surface area contributed by atoms with E-state index in [-0.39, 0.29) is 5.75 Å².